The molecule has 2 heterocycles. The lowest BCUT2D eigenvalue weighted by Gasteiger charge is -2.15. The molecule has 1 amide bonds. The summed E-state index contributed by atoms with van der Waals surface area (Å²) in [7, 11) is 1.87. The van der Waals surface area contributed by atoms with Crippen LogP contribution < -0.4 is 5.32 Å². The second-order valence-electron chi connectivity index (χ2n) is 6.22. The molecule has 2 aromatic heterocycles. The quantitative estimate of drug-likeness (QED) is 0.785. The second-order valence-corrected chi connectivity index (χ2v) is 6.66. The van der Waals surface area contributed by atoms with Crippen molar-refractivity contribution in [3.63, 3.8) is 0 Å². The number of amides is 1. The Kier molecular flexibility index (Phi) is 4.37. The summed E-state index contributed by atoms with van der Waals surface area (Å²) in [4.78, 5) is 12.6. The van der Waals surface area contributed by atoms with Gasteiger partial charge >= 0.3 is 0 Å². The van der Waals surface area contributed by atoms with E-state index in [9.17, 15) is 4.79 Å². The normalized spacial score (nSPS) is 12.5. The van der Waals surface area contributed by atoms with Crippen molar-refractivity contribution in [1.29, 1.82) is 0 Å². The summed E-state index contributed by atoms with van der Waals surface area (Å²) in [6, 6.07) is 9.63. The maximum absolute atomic E-state index is 12.6. The van der Waals surface area contributed by atoms with E-state index >= 15 is 0 Å². The Morgan fingerprint density at radius 2 is 2.04 bits per heavy atom. The predicted molar refractivity (Wildman–Crippen MR) is 96.7 cm³/mol. The summed E-state index contributed by atoms with van der Waals surface area (Å²) in [5.74, 6) is -0.0989. The minimum atomic E-state index is -0.0989. The average molecular weight is 345 g/mol. The zero-order valence-corrected chi connectivity index (χ0v) is 15.1. The third-order valence-electron chi connectivity index (χ3n) is 4.26. The first-order valence-corrected chi connectivity index (χ1v) is 8.30. The predicted octanol–water partition coefficient (Wildman–Crippen LogP) is 3.64. The summed E-state index contributed by atoms with van der Waals surface area (Å²) in [5, 5.41) is 9.12. The molecule has 0 bridgehead atoms. The number of rotatable bonds is 4. The number of hydrogen-bond acceptors (Lipinski definition) is 2. The van der Waals surface area contributed by atoms with Crippen LogP contribution in [-0.4, -0.2) is 26.8 Å². The Bertz CT molecular complexity index is 909. The van der Waals surface area contributed by atoms with E-state index in [0.29, 0.717) is 17.3 Å². The van der Waals surface area contributed by atoms with Gasteiger partial charge in [-0.3, -0.25) is 9.48 Å². The van der Waals surface area contributed by atoms with Crippen LogP contribution in [0.1, 0.15) is 34.8 Å². The molecule has 126 valence electrons. The van der Waals surface area contributed by atoms with E-state index in [2.05, 4.69) is 10.4 Å². The van der Waals surface area contributed by atoms with Gasteiger partial charge in [0.2, 0.25) is 0 Å². The Balaban J connectivity index is 1.75. The van der Waals surface area contributed by atoms with Crippen LogP contribution in [0.5, 0.6) is 0 Å². The number of carbonyl (C=O) groups is 1. The molecule has 1 aromatic carbocycles. The first-order chi connectivity index (χ1) is 11.4. The van der Waals surface area contributed by atoms with Crippen molar-refractivity contribution < 1.29 is 4.79 Å². The van der Waals surface area contributed by atoms with Crippen molar-refractivity contribution in [3.8, 4) is 0 Å². The van der Waals surface area contributed by atoms with Crippen LogP contribution in [0.2, 0.25) is 5.02 Å². The minimum Gasteiger partial charge on any atom is -0.349 e. The first kappa shape index (κ1) is 16.6. The van der Waals surface area contributed by atoms with E-state index < -0.39 is 0 Å². The molecule has 5 nitrogen and oxygen atoms in total. The molecule has 0 saturated carbocycles. The monoisotopic (exact) mass is 344 g/mol. The lowest BCUT2D eigenvalue weighted by atomic mass is 10.2. The summed E-state index contributed by atoms with van der Waals surface area (Å²) < 4.78 is 3.81. The molecule has 0 spiro atoms. The molecular weight excluding hydrogens is 324 g/mol. The number of aromatic nitrogens is 3. The molecule has 0 aliphatic carbocycles. The number of halogens is 1. The fourth-order valence-corrected chi connectivity index (χ4v) is 3.20. The molecule has 1 N–H and O–H groups in total. The van der Waals surface area contributed by atoms with Gasteiger partial charge in [-0.25, -0.2) is 0 Å². The standard InChI is InChI=1S/C18H21ClN4O/c1-11-7-12(2)23(21-11)13(3)10-20-18(24)17-8-14-5-6-15(19)9-16(14)22(17)4/h5-9,13H,10H2,1-4H3,(H,20,24). The van der Waals surface area contributed by atoms with Gasteiger partial charge in [0, 0.05) is 35.2 Å². The summed E-state index contributed by atoms with van der Waals surface area (Å²) in [5.41, 5.74) is 3.64. The highest BCUT2D eigenvalue weighted by molar-refractivity contribution is 6.31. The van der Waals surface area contributed by atoms with Gasteiger partial charge in [-0.1, -0.05) is 17.7 Å². The molecule has 6 heteroatoms. The highest BCUT2D eigenvalue weighted by atomic mass is 35.5. The number of fused-ring (bicyclic) bond motifs is 1. The highest BCUT2D eigenvalue weighted by Crippen LogP contribution is 2.22. The molecule has 0 fully saturated rings. The van der Waals surface area contributed by atoms with Crippen LogP contribution in [0.4, 0.5) is 0 Å². The van der Waals surface area contributed by atoms with Crippen LogP contribution in [0.3, 0.4) is 0 Å². The van der Waals surface area contributed by atoms with Crippen LogP contribution in [0.15, 0.2) is 30.3 Å². The van der Waals surface area contributed by atoms with E-state index in [1.807, 2.05) is 67.4 Å². The van der Waals surface area contributed by atoms with Gasteiger partial charge in [0.1, 0.15) is 5.69 Å². The zero-order chi connectivity index (χ0) is 17.4. The van der Waals surface area contributed by atoms with E-state index in [1.54, 1.807) is 0 Å². The van der Waals surface area contributed by atoms with E-state index in [-0.39, 0.29) is 11.9 Å². The SMILES string of the molecule is Cc1cc(C)n(C(C)CNC(=O)c2cc3ccc(Cl)cc3n2C)n1. The number of nitrogens with zero attached hydrogens (tertiary/aromatic N) is 3. The van der Waals surface area contributed by atoms with Crippen molar-refractivity contribution >= 4 is 28.4 Å². The van der Waals surface area contributed by atoms with Crippen molar-refractivity contribution in [1.82, 2.24) is 19.7 Å². The van der Waals surface area contributed by atoms with Crippen LogP contribution in [0.25, 0.3) is 10.9 Å². The number of nitrogens with one attached hydrogen (secondary N) is 1. The molecule has 0 aliphatic rings. The molecule has 3 rings (SSSR count). The fourth-order valence-electron chi connectivity index (χ4n) is 3.03. The molecule has 0 saturated heterocycles. The molecule has 24 heavy (non-hydrogen) atoms. The van der Waals surface area contributed by atoms with Gasteiger partial charge in [-0.2, -0.15) is 5.10 Å². The second kappa shape index (κ2) is 6.32. The lowest BCUT2D eigenvalue weighted by Crippen LogP contribution is -2.31. The molecule has 1 atom stereocenters. The number of hydrogen-bond donors (Lipinski definition) is 1. The third-order valence-corrected chi connectivity index (χ3v) is 4.50. The van der Waals surface area contributed by atoms with Crippen LogP contribution in [-0.2, 0) is 7.05 Å². The van der Waals surface area contributed by atoms with Gasteiger partial charge in [-0.05, 0) is 45.0 Å². The largest absolute Gasteiger partial charge is 0.349 e. The Morgan fingerprint density at radius 1 is 1.29 bits per heavy atom. The van der Waals surface area contributed by atoms with Gasteiger partial charge in [0.15, 0.2) is 0 Å². The Labute approximate surface area is 146 Å². The summed E-state index contributed by atoms with van der Waals surface area (Å²) >= 11 is 6.04. The van der Waals surface area contributed by atoms with Crippen molar-refractivity contribution in [2.75, 3.05) is 6.54 Å². The average Bonchev–Trinajstić information content (AvgIpc) is 3.04. The minimum absolute atomic E-state index is 0.0896. The number of aryl methyl sites for hydroxylation is 3. The van der Waals surface area contributed by atoms with Crippen molar-refractivity contribution in [2.24, 2.45) is 7.05 Å². The van der Waals surface area contributed by atoms with E-state index in [0.717, 1.165) is 22.3 Å². The van der Waals surface area contributed by atoms with E-state index in [4.69, 9.17) is 11.6 Å². The fraction of sp³-hybridized carbons (Fsp3) is 0.333. The molecular formula is C18H21ClN4O. The van der Waals surface area contributed by atoms with Gasteiger partial charge < -0.3 is 9.88 Å². The molecule has 0 aliphatic heterocycles. The topological polar surface area (TPSA) is 51.9 Å². The highest BCUT2D eigenvalue weighted by Gasteiger charge is 2.16. The van der Waals surface area contributed by atoms with Crippen LogP contribution in [0, 0.1) is 13.8 Å². The zero-order valence-electron chi connectivity index (χ0n) is 14.3. The van der Waals surface area contributed by atoms with Crippen LogP contribution >= 0.6 is 11.6 Å². The van der Waals surface area contributed by atoms with Crippen molar-refractivity contribution in [2.45, 2.75) is 26.8 Å². The van der Waals surface area contributed by atoms with Gasteiger partial charge in [0.25, 0.3) is 5.91 Å². The Hall–Kier alpha value is -2.27. The summed E-state index contributed by atoms with van der Waals surface area (Å²) in [6.07, 6.45) is 0. The van der Waals surface area contributed by atoms with Gasteiger partial charge in [-0.15, -0.1) is 0 Å². The number of carbonyl (C=O) groups excluding carboxylic acids is 1. The van der Waals surface area contributed by atoms with Gasteiger partial charge in [0.05, 0.1) is 11.7 Å². The first-order valence-electron chi connectivity index (χ1n) is 7.92. The smallest absolute Gasteiger partial charge is 0.268 e. The maximum Gasteiger partial charge on any atom is 0.268 e. The van der Waals surface area contributed by atoms with Crippen molar-refractivity contribution in [3.05, 3.63) is 52.4 Å². The Morgan fingerprint density at radius 3 is 2.71 bits per heavy atom. The maximum atomic E-state index is 12.6. The molecule has 1 unspecified atom stereocenters. The summed E-state index contributed by atoms with van der Waals surface area (Å²) in [6.45, 7) is 6.55. The molecule has 0 radical (unpaired) electrons. The number of benzene rings is 1. The van der Waals surface area contributed by atoms with E-state index in [1.165, 1.54) is 0 Å². The lowest BCUT2D eigenvalue weighted by molar-refractivity contribution is 0.0940. The third kappa shape index (κ3) is 3.04. The molecule has 3 aromatic rings.